The van der Waals surface area contributed by atoms with Gasteiger partial charge in [0.15, 0.2) is 17.2 Å². The number of imidazole rings is 1. The van der Waals surface area contributed by atoms with Crippen molar-refractivity contribution in [1.29, 1.82) is 0 Å². The molecule has 0 spiro atoms. The average Bonchev–Trinajstić information content (AvgIpc) is 3.47. The summed E-state index contributed by atoms with van der Waals surface area (Å²) in [5.41, 5.74) is 8.44. The van der Waals surface area contributed by atoms with Gasteiger partial charge in [0, 0.05) is 37.1 Å². The molecule has 43 heavy (non-hydrogen) atoms. The Balaban J connectivity index is 1.44. The van der Waals surface area contributed by atoms with Crippen LogP contribution in [0.5, 0.6) is 5.75 Å². The molecule has 5 aromatic rings. The van der Waals surface area contributed by atoms with Gasteiger partial charge in [0.05, 0.1) is 30.9 Å². The molecule has 0 unspecified atom stereocenters. The molecule has 1 aromatic carbocycles. The summed E-state index contributed by atoms with van der Waals surface area (Å²) in [6.45, 7) is 0.453. The van der Waals surface area contributed by atoms with Crippen LogP contribution in [-0.2, 0) is 6.54 Å². The number of carbonyl (C=O) groups is 1. The first-order valence-corrected chi connectivity index (χ1v) is 14.1. The number of nitrogens with one attached hydrogen (secondary N) is 2. The van der Waals surface area contributed by atoms with Crippen LogP contribution in [0.4, 0.5) is 27.4 Å². The van der Waals surface area contributed by atoms with Gasteiger partial charge in [-0.2, -0.15) is 0 Å². The van der Waals surface area contributed by atoms with E-state index in [0.29, 0.717) is 29.5 Å². The van der Waals surface area contributed by atoms with Crippen LogP contribution in [0.1, 0.15) is 41.7 Å². The predicted molar refractivity (Wildman–Crippen MR) is 162 cm³/mol. The second kappa shape index (κ2) is 12.4. The van der Waals surface area contributed by atoms with Crippen LogP contribution in [0.25, 0.3) is 5.65 Å². The van der Waals surface area contributed by atoms with Crippen molar-refractivity contribution in [2.75, 3.05) is 22.6 Å². The normalized spacial score (nSPS) is 16.5. The van der Waals surface area contributed by atoms with Crippen LogP contribution >= 0.6 is 0 Å². The lowest BCUT2D eigenvalue weighted by atomic mass is 9.92. The van der Waals surface area contributed by atoms with Gasteiger partial charge in [0.25, 0.3) is 5.91 Å². The zero-order chi connectivity index (χ0) is 29.8. The molecule has 1 fully saturated rings. The van der Waals surface area contributed by atoms with Crippen LogP contribution in [-0.4, -0.2) is 49.7 Å². The Kier molecular flexibility index (Phi) is 8.09. The van der Waals surface area contributed by atoms with Gasteiger partial charge in [-0.15, -0.1) is 5.10 Å². The van der Waals surface area contributed by atoms with Crippen LogP contribution in [0.2, 0.25) is 0 Å². The molecule has 1 amide bonds. The number of carbonyl (C=O) groups excluding carboxylic acids is 1. The number of ether oxygens (including phenoxy) is 1. The largest absolute Gasteiger partial charge is 0.497 e. The Labute approximate surface area is 247 Å². The number of benzene rings is 1. The van der Waals surface area contributed by atoms with Crippen molar-refractivity contribution in [2.45, 2.75) is 44.3 Å². The van der Waals surface area contributed by atoms with Crippen molar-refractivity contribution in [2.24, 2.45) is 5.73 Å². The van der Waals surface area contributed by atoms with E-state index in [0.717, 1.165) is 43.2 Å². The average molecular weight is 582 g/mol. The van der Waals surface area contributed by atoms with Crippen LogP contribution < -0.4 is 26.0 Å². The highest BCUT2D eigenvalue weighted by molar-refractivity contribution is 6.03. The maximum absolute atomic E-state index is 14.3. The van der Waals surface area contributed by atoms with Crippen LogP contribution in [0, 0.1) is 5.82 Å². The zero-order valence-corrected chi connectivity index (χ0v) is 23.7. The van der Waals surface area contributed by atoms with Gasteiger partial charge in [0.2, 0.25) is 0 Å². The van der Waals surface area contributed by atoms with Crippen LogP contribution in [0.3, 0.4) is 0 Å². The van der Waals surface area contributed by atoms with E-state index in [9.17, 15) is 9.18 Å². The van der Waals surface area contributed by atoms with Crippen LogP contribution in [0.15, 0.2) is 79.4 Å². The Bertz CT molecular complexity index is 1700. The Morgan fingerprint density at radius 2 is 1.88 bits per heavy atom. The molecule has 1 aliphatic carbocycles. The highest BCUT2D eigenvalue weighted by atomic mass is 19.1. The van der Waals surface area contributed by atoms with Crippen molar-refractivity contribution in [1.82, 2.24) is 24.6 Å². The maximum Gasteiger partial charge on any atom is 0.276 e. The summed E-state index contributed by atoms with van der Waals surface area (Å²) in [6, 6.07) is 17.2. The number of hydrogen-bond acceptors (Lipinski definition) is 9. The molecule has 11 nitrogen and oxygen atoms in total. The molecule has 4 aromatic heterocycles. The minimum Gasteiger partial charge on any atom is -0.497 e. The van der Waals surface area contributed by atoms with Gasteiger partial charge in [-0.25, -0.2) is 18.9 Å². The van der Waals surface area contributed by atoms with Gasteiger partial charge < -0.3 is 26.0 Å². The number of amides is 1. The second-order valence-corrected chi connectivity index (χ2v) is 10.5. The summed E-state index contributed by atoms with van der Waals surface area (Å²) in [6.07, 6.45) is 9.27. The van der Waals surface area contributed by atoms with Crippen molar-refractivity contribution < 1.29 is 13.9 Å². The molecule has 4 heterocycles. The smallest absolute Gasteiger partial charge is 0.276 e. The highest BCUT2D eigenvalue weighted by Crippen LogP contribution is 2.33. The summed E-state index contributed by atoms with van der Waals surface area (Å²) in [5, 5.41) is 11.0. The highest BCUT2D eigenvalue weighted by Gasteiger charge is 2.24. The third-order valence-electron chi connectivity index (χ3n) is 7.54. The van der Waals surface area contributed by atoms with Crippen molar-refractivity contribution in [3.8, 4) is 5.75 Å². The Morgan fingerprint density at radius 3 is 2.60 bits per heavy atom. The number of nitrogens with two attached hydrogens (primary N) is 1. The lowest BCUT2D eigenvalue weighted by Gasteiger charge is -2.28. The Morgan fingerprint density at radius 1 is 1.07 bits per heavy atom. The van der Waals surface area contributed by atoms with Crippen molar-refractivity contribution >= 4 is 34.6 Å². The number of aromatic nitrogens is 5. The molecule has 0 aliphatic heterocycles. The Hall–Kier alpha value is -5.10. The molecule has 0 saturated heterocycles. The predicted octanol–water partition coefficient (Wildman–Crippen LogP) is 4.94. The summed E-state index contributed by atoms with van der Waals surface area (Å²) in [5.74, 6) is 0.815. The number of halogens is 1. The van der Waals surface area contributed by atoms with E-state index in [1.807, 2.05) is 53.4 Å². The standard InChI is InChI=1S/C31H32FN9O2/c1-43-23-11-5-20(6-12-23)19-40(29-4-2-3-14-35-29)26-16-28(37-22-9-7-21(33)8-10-22)39-41-27(18-36-30(26)41)31(42)38-25-13-15-34-17-24(25)32/h2-6,11-18,21-22H,7-10,19,33H2,1H3,(H,37,39)(H,34,38,42). The SMILES string of the molecule is COc1ccc(CN(c2ccccn2)c2cc(NC3CCC(N)CC3)nn3c(C(=O)Nc4ccncc4F)cnc23)cc1. The van der Waals surface area contributed by atoms with Gasteiger partial charge in [-0.3, -0.25) is 9.78 Å². The zero-order valence-electron chi connectivity index (χ0n) is 23.7. The first-order chi connectivity index (χ1) is 21.0. The van der Waals surface area contributed by atoms with E-state index in [4.69, 9.17) is 15.6 Å². The molecule has 0 radical (unpaired) electrons. The fourth-order valence-corrected chi connectivity index (χ4v) is 5.23. The number of pyridine rings is 2. The quantitative estimate of drug-likeness (QED) is 0.221. The number of anilines is 4. The fourth-order valence-electron chi connectivity index (χ4n) is 5.23. The second-order valence-electron chi connectivity index (χ2n) is 10.5. The van der Waals surface area contributed by atoms with E-state index in [1.54, 1.807) is 13.3 Å². The minimum atomic E-state index is -0.642. The molecular formula is C31H32FN9O2. The first kappa shape index (κ1) is 28.0. The fraction of sp³-hybridized carbons (Fsp3) is 0.258. The molecule has 0 atom stereocenters. The van der Waals surface area contributed by atoms with E-state index in [1.165, 1.54) is 23.0 Å². The third-order valence-corrected chi connectivity index (χ3v) is 7.54. The summed E-state index contributed by atoms with van der Waals surface area (Å²) < 4.78 is 21.1. The third kappa shape index (κ3) is 6.24. The van der Waals surface area contributed by atoms with E-state index in [2.05, 4.69) is 25.6 Å². The monoisotopic (exact) mass is 581 g/mol. The van der Waals surface area contributed by atoms with E-state index >= 15 is 0 Å². The van der Waals surface area contributed by atoms with E-state index in [-0.39, 0.29) is 23.5 Å². The van der Waals surface area contributed by atoms with E-state index < -0.39 is 11.7 Å². The summed E-state index contributed by atoms with van der Waals surface area (Å²) in [7, 11) is 1.63. The number of rotatable bonds is 9. The maximum atomic E-state index is 14.3. The number of methoxy groups -OCH3 is 1. The molecular weight excluding hydrogens is 549 g/mol. The molecule has 220 valence electrons. The lowest BCUT2D eigenvalue weighted by Crippen LogP contribution is -2.33. The summed E-state index contributed by atoms with van der Waals surface area (Å²) >= 11 is 0. The lowest BCUT2D eigenvalue weighted by molar-refractivity contribution is 0.102. The molecule has 4 N–H and O–H groups in total. The number of nitrogens with zero attached hydrogens (tertiary/aromatic N) is 6. The molecule has 6 rings (SSSR count). The molecule has 1 saturated carbocycles. The van der Waals surface area contributed by atoms with Gasteiger partial charge in [-0.1, -0.05) is 18.2 Å². The topological polar surface area (TPSA) is 136 Å². The minimum absolute atomic E-state index is 0.0117. The van der Waals surface area contributed by atoms with Gasteiger partial charge >= 0.3 is 0 Å². The molecule has 12 heteroatoms. The van der Waals surface area contributed by atoms with Crippen molar-refractivity contribution in [3.05, 3.63) is 96.5 Å². The summed E-state index contributed by atoms with van der Waals surface area (Å²) in [4.78, 5) is 28.4. The first-order valence-electron chi connectivity index (χ1n) is 14.1. The molecule has 0 bridgehead atoms. The number of hydrogen-bond donors (Lipinski definition) is 3. The van der Waals surface area contributed by atoms with Crippen molar-refractivity contribution in [3.63, 3.8) is 0 Å². The molecule has 1 aliphatic rings. The number of fused-ring (bicyclic) bond motifs is 1. The van der Waals surface area contributed by atoms with Gasteiger partial charge in [-0.05, 0) is 61.6 Å². The van der Waals surface area contributed by atoms with Gasteiger partial charge in [0.1, 0.15) is 17.4 Å².